The number of urea groups is 2. The second kappa shape index (κ2) is 20.8. The van der Waals surface area contributed by atoms with Crippen molar-refractivity contribution in [1.82, 2.24) is 30.4 Å². The van der Waals surface area contributed by atoms with Gasteiger partial charge in [-0.15, -0.1) is 0 Å². The third-order valence-corrected chi connectivity index (χ3v) is 11.7. The molecule has 2 spiro atoms. The summed E-state index contributed by atoms with van der Waals surface area (Å²) in [7, 11) is 0. The Balaban J connectivity index is 0.000000211. The van der Waals surface area contributed by atoms with Crippen LogP contribution >= 0.6 is 11.6 Å². The number of hydrogen-bond donors (Lipinski definition) is 6. The maximum absolute atomic E-state index is 13.5. The van der Waals surface area contributed by atoms with Crippen LogP contribution in [0.25, 0.3) is 0 Å². The van der Waals surface area contributed by atoms with Gasteiger partial charge in [0, 0.05) is 74.4 Å². The average molecular weight is 979 g/mol. The molecule has 4 fully saturated rings. The second-order valence-corrected chi connectivity index (χ2v) is 17.3. The number of nitrogens with two attached hydrogens (primary N) is 1. The summed E-state index contributed by atoms with van der Waals surface area (Å²) in [5.41, 5.74) is 5.92. The molecule has 2 saturated carbocycles. The predicted octanol–water partition coefficient (Wildman–Crippen LogP) is 7.33. The number of nitrogens with zero attached hydrogens (tertiary/aromatic N) is 4. The van der Waals surface area contributed by atoms with Gasteiger partial charge in [0.25, 0.3) is 11.8 Å². The molecule has 18 nitrogen and oxygen atoms in total. The first kappa shape index (κ1) is 50.9. The second-order valence-electron chi connectivity index (χ2n) is 16.8. The van der Waals surface area contributed by atoms with Crippen molar-refractivity contribution in [2.45, 2.75) is 88.1 Å². The summed E-state index contributed by atoms with van der Waals surface area (Å²) >= 11 is 4.64. The summed E-state index contributed by atoms with van der Waals surface area (Å²) in [5, 5.41) is 13.4. The summed E-state index contributed by atoms with van der Waals surface area (Å²) in [4.78, 5) is 106. The molecule has 0 unspecified atom stereocenters. The first-order valence-corrected chi connectivity index (χ1v) is 21.8. The Bertz CT molecular complexity index is 2630. The van der Waals surface area contributed by atoms with Gasteiger partial charge in [-0.05, 0) is 110 Å². The Labute approximate surface area is 397 Å². The quantitative estimate of drug-likeness (QED) is 0.0373. The van der Waals surface area contributed by atoms with Gasteiger partial charge in [0.15, 0.2) is 23.2 Å². The van der Waals surface area contributed by atoms with E-state index in [1.54, 1.807) is 73.1 Å². The molecule has 4 aromatic rings. The van der Waals surface area contributed by atoms with Gasteiger partial charge in [-0.3, -0.25) is 38.6 Å². The number of carbonyl (C=O) groups excluding carboxylic acids is 8. The number of nitrogen functional groups attached to an aromatic ring is 1. The Hall–Kier alpha value is -7.49. The van der Waals surface area contributed by atoms with Crippen molar-refractivity contribution < 1.29 is 55.9 Å². The van der Waals surface area contributed by atoms with E-state index in [2.05, 4.69) is 48.2 Å². The van der Waals surface area contributed by atoms with E-state index in [4.69, 9.17) is 5.73 Å². The van der Waals surface area contributed by atoms with Crippen molar-refractivity contribution >= 4 is 92.6 Å². The van der Waals surface area contributed by atoms with E-state index >= 15 is 0 Å². The van der Waals surface area contributed by atoms with E-state index in [-0.39, 0.29) is 42.4 Å². The van der Waals surface area contributed by atoms with Crippen molar-refractivity contribution in [1.29, 1.82) is 0 Å². The number of anilines is 6. The van der Waals surface area contributed by atoms with Crippen LogP contribution in [0.15, 0.2) is 85.2 Å². The van der Waals surface area contributed by atoms with Gasteiger partial charge in [0.05, 0.1) is 24.5 Å². The fraction of sp³-hybridized carbons (Fsp3) is 0.348. The number of hydrogen-bond acceptors (Lipinski definition) is 13. The number of amides is 7. The zero-order valence-electron chi connectivity index (χ0n) is 37.2. The zero-order valence-corrected chi connectivity index (χ0v) is 37.9. The molecular formula is C46H47ClF4N10O8. The number of ketones is 2. The first-order chi connectivity index (χ1) is 32.5. The summed E-state index contributed by atoms with van der Waals surface area (Å²) in [6.45, 7) is 1.74. The van der Waals surface area contributed by atoms with Gasteiger partial charge in [0.2, 0.25) is 23.0 Å². The number of Topliss-reactive ketones (excluding diaryl/α,β-unsaturated/α-hetero) is 2. The van der Waals surface area contributed by atoms with E-state index in [0.717, 1.165) is 9.80 Å². The lowest BCUT2D eigenvalue weighted by atomic mass is 9.80. The van der Waals surface area contributed by atoms with E-state index in [1.807, 2.05) is 0 Å². The first-order valence-electron chi connectivity index (χ1n) is 21.4. The van der Waals surface area contributed by atoms with Crippen LogP contribution in [-0.2, 0) is 19.2 Å². The van der Waals surface area contributed by atoms with Gasteiger partial charge >= 0.3 is 12.1 Å². The van der Waals surface area contributed by atoms with Gasteiger partial charge in [-0.25, -0.2) is 37.1 Å². The lowest BCUT2D eigenvalue weighted by molar-refractivity contribution is -0.136. The molecule has 0 bridgehead atoms. The SMILES string of the molecule is CC(=O)Cl.CC(=O)Nc1cccnc1Nc1ccc(C(=O)CN2C(=O)NC3(CCC(F)(F)CC3)C2=O)cc1.Nc1cccnc1Nc1ccc(C(=O)CN2C(=O)NC3(CCC(F)(F)CC3)C2=O)cc1. The molecular weight excluding hydrogens is 932 g/mol. The number of alkyl halides is 4. The molecule has 0 radical (unpaired) electrons. The van der Waals surface area contributed by atoms with Gasteiger partial charge in [0.1, 0.15) is 11.1 Å². The largest absolute Gasteiger partial charge is 0.396 e. The molecule has 0 atom stereocenters. The fourth-order valence-corrected chi connectivity index (χ4v) is 7.94. The number of pyridine rings is 2. The highest BCUT2D eigenvalue weighted by molar-refractivity contribution is 6.62. The molecule has 23 heteroatoms. The fourth-order valence-electron chi connectivity index (χ4n) is 7.94. The highest BCUT2D eigenvalue weighted by Gasteiger charge is 2.57. The number of benzene rings is 2. The molecule has 69 heavy (non-hydrogen) atoms. The Morgan fingerprint density at radius 2 is 1.00 bits per heavy atom. The minimum absolute atomic E-state index is 0.147. The number of carbonyl (C=O) groups is 8. The standard InChI is InChI=1S/C23H23F2N5O4.C21H21F2N5O3.C2H3ClO/c1-14(31)27-17-3-2-12-26-19(17)28-16-6-4-15(5-7-16)18(32)13-30-20(33)22(29-21(30)34)8-10-23(24,25)11-9-22;22-21(23)9-7-20(8-10-21)18(30)28(19(31)27-20)12-16(29)13-3-5-14(6-4-13)26-17-15(24)2-1-11-25-17;1-2(3)4/h2-7,12H,8-11,13H2,1H3,(H,26,28)(H,27,31)(H,29,34);1-6,11H,7-10,12,24H2,(H,25,26)(H,27,31);1H3. The van der Waals surface area contributed by atoms with E-state index in [0.29, 0.717) is 39.9 Å². The monoisotopic (exact) mass is 978 g/mol. The molecule has 8 rings (SSSR count). The van der Waals surface area contributed by atoms with E-state index in [9.17, 15) is 55.9 Å². The normalized spacial score (nSPS) is 18.2. The Morgan fingerprint density at radius 1 is 0.623 bits per heavy atom. The Morgan fingerprint density at radius 3 is 1.39 bits per heavy atom. The van der Waals surface area contributed by atoms with Gasteiger partial charge < -0.3 is 32.3 Å². The lowest BCUT2D eigenvalue weighted by Crippen LogP contribution is -2.51. The van der Waals surface area contributed by atoms with Crippen LogP contribution in [0.2, 0.25) is 0 Å². The average Bonchev–Trinajstić information content (AvgIpc) is 3.66. The summed E-state index contributed by atoms with van der Waals surface area (Å²) in [6, 6.07) is 18.0. The minimum Gasteiger partial charge on any atom is -0.396 e. The highest BCUT2D eigenvalue weighted by Crippen LogP contribution is 2.42. The number of halogens is 5. The summed E-state index contributed by atoms with van der Waals surface area (Å²) in [6.07, 6.45) is 0.598. The molecule has 7 amide bonds. The third kappa shape index (κ3) is 12.5. The number of rotatable bonds is 11. The Kier molecular flexibility index (Phi) is 15.3. The van der Waals surface area contributed by atoms with E-state index < -0.39 is 97.1 Å². The highest BCUT2D eigenvalue weighted by atomic mass is 35.5. The number of nitrogens with one attached hydrogen (secondary N) is 5. The van der Waals surface area contributed by atoms with Crippen LogP contribution in [0.5, 0.6) is 0 Å². The van der Waals surface area contributed by atoms with Crippen molar-refractivity contribution in [3.63, 3.8) is 0 Å². The molecule has 364 valence electrons. The molecule has 2 aliphatic heterocycles. The van der Waals surface area contributed by atoms with Crippen molar-refractivity contribution in [2.75, 3.05) is 34.8 Å². The smallest absolute Gasteiger partial charge is 0.325 e. The molecule has 2 saturated heterocycles. The van der Waals surface area contributed by atoms with Crippen LogP contribution in [0.1, 0.15) is 85.9 Å². The summed E-state index contributed by atoms with van der Waals surface area (Å²) < 4.78 is 54.0. The van der Waals surface area contributed by atoms with Crippen molar-refractivity contribution in [3.05, 3.63) is 96.3 Å². The van der Waals surface area contributed by atoms with Gasteiger partial charge in [-0.1, -0.05) is 0 Å². The number of aromatic nitrogens is 2. The van der Waals surface area contributed by atoms with Crippen molar-refractivity contribution in [3.8, 4) is 0 Å². The molecule has 7 N–H and O–H groups in total. The van der Waals surface area contributed by atoms with Crippen LogP contribution in [-0.4, -0.2) is 102 Å². The third-order valence-electron chi connectivity index (χ3n) is 11.7. The van der Waals surface area contributed by atoms with Gasteiger partial charge in [-0.2, -0.15) is 0 Å². The molecule has 2 aromatic heterocycles. The van der Waals surface area contributed by atoms with Crippen LogP contribution in [0.3, 0.4) is 0 Å². The van der Waals surface area contributed by atoms with Crippen LogP contribution in [0.4, 0.5) is 61.5 Å². The van der Waals surface area contributed by atoms with Crippen LogP contribution < -0.4 is 32.3 Å². The minimum atomic E-state index is -2.85. The maximum atomic E-state index is 13.5. The predicted molar refractivity (Wildman–Crippen MR) is 245 cm³/mol. The van der Waals surface area contributed by atoms with Crippen molar-refractivity contribution in [2.24, 2.45) is 0 Å². The zero-order chi connectivity index (χ0) is 50.3. The lowest BCUT2D eigenvalue weighted by Gasteiger charge is -2.34. The summed E-state index contributed by atoms with van der Waals surface area (Å²) in [5.74, 6) is -7.21. The molecule has 4 aliphatic rings. The topological polar surface area (TPSA) is 255 Å². The molecule has 4 heterocycles. The van der Waals surface area contributed by atoms with Crippen LogP contribution in [0, 0.1) is 0 Å². The van der Waals surface area contributed by atoms with E-state index in [1.165, 1.54) is 26.0 Å². The molecule has 2 aliphatic carbocycles. The maximum Gasteiger partial charge on any atom is 0.325 e. The number of imide groups is 2. The molecule has 2 aromatic carbocycles.